The largest absolute Gasteiger partial charge is 0.438 e. The van der Waals surface area contributed by atoms with Crippen molar-refractivity contribution >= 4 is 34.7 Å². The molecule has 2 fully saturated rings. The van der Waals surface area contributed by atoms with E-state index in [0.29, 0.717) is 18.1 Å². The van der Waals surface area contributed by atoms with Crippen LogP contribution in [-0.4, -0.2) is 27.9 Å². The van der Waals surface area contributed by atoms with E-state index in [0.717, 1.165) is 10.2 Å². The molecular formula is C13H15ClN2OS2. The van der Waals surface area contributed by atoms with E-state index in [1.807, 2.05) is 17.5 Å². The first-order valence-corrected chi connectivity index (χ1v) is 8.76. The standard InChI is InChI=1S/C13H15ClN2OS2/c14-13-16(10-6-8-3-4-9(10)15-8)7-12(19-13)17-11-2-1-5-18-11/h1-2,5,7-10,13,15H,3-4,6H2/t8-,9+,10-,13?/m1/s1. The summed E-state index contributed by atoms with van der Waals surface area (Å²) >= 11 is 9.66. The number of nitrogens with zero attached hydrogens (tertiary/aromatic N) is 1. The van der Waals surface area contributed by atoms with Crippen LogP contribution in [-0.2, 0) is 0 Å². The van der Waals surface area contributed by atoms with Crippen LogP contribution in [0.25, 0.3) is 0 Å². The van der Waals surface area contributed by atoms with E-state index >= 15 is 0 Å². The van der Waals surface area contributed by atoms with E-state index in [1.54, 1.807) is 23.1 Å². The third-order valence-electron chi connectivity index (χ3n) is 4.05. The fourth-order valence-corrected chi connectivity index (χ4v) is 5.16. The molecule has 3 aliphatic heterocycles. The molecule has 19 heavy (non-hydrogen) atoms. The SMILES string of the molecule is ClC1SC(Oc2cccs2)=CN1[C@@H]1C[C@H]2CC[C@@H]1N2. The van der Waals surface area contributed by atoms with Crippen LogP contribution in [0.1, 0.15) is 19.3 Å². The van der Waals surface area contributed by atoms with Gasteiger partial charge >= 0.3 is 0 Å². The molecule has 4 rings (SSSR count). The summed E-state index contributed by atoms with van der Waals surface area (Å²) in [6.45, 7) is 0. The second-order valence-corrected chi connectivity index (χ2v) is 7.86. The first kappa shape index (κ1) is 12.4. The monoisotopic (exact) mass is 314 g/mol. The van der Waals surface area contributed by atoms with Gasteiger partial charge < -0.3 is 15.0 Å². The highest BCUT2D eigenvalue weighted by Gasteiger charge is 2.44. The lowest BCUT2D eigenvalue weighted by Gasteiger charge is -2.31. The van der Waals surface area contributed by atoms with Gasteiger partial charge in [0.1, 0.15) is 0 Å². The zero-order valence-electron chi connectivity index (χ0n) is 10.3. The Hall–Kier alpha value is -0.360. The molecular weight excluding hydrogens is 300 g/mol. The van der Waals surface area contributed by atoms with Gasteiger partial charge in [-0.05, 0) is 48.5 Å². The van der Waals surface area contributed by atoms with Gasteiger partial charge in [-0.25, -0.2) is 0 Å². The van der Waals surface area contributed by atoms with Crippen LogP contribution in [0.2, 0.25) is 0 Å². The number of ether oxygens (including phenoxy) is 1. The average molecular weight is 315 g/mol. The normalized spacial score (nSPS) is 36.9. The Bertz CT molecular complexity index is 493. The first-order valence-electron chi connectivity index (χ1n) is 6.57. The smallest absolute Gasteiger partial charge is 0.181 e. The minimum absolute atomic E-state index is 0.0406. The van der Waals surface area contributed by atoms with Crippen LogP contribution in [0.15, 0.2) is 28.8 Å². The molecule has 1 unspecified atom stereocenters. The second-order valence-electron chi connectivity index (χ2n) is 5.19. The second kappa shape index (κ2) is 4.88. The van der Waals surface area contributed by atoms with Crippen molar-refractivity contribution in [2.45, 2.75) is 42.2 Å². The van der Waals surface area contributed by atoms with Crippen molar-refractivity contribution in [1.29, 1.82) is 0 Å². The van der Waals surface area contributed by atoms with Gasteiger partial charge in [-0.3, -0.25) is 0 Å². The lowest BCUT2D eigenvalue weighted by molar-refractivity contribution is 0.255. The highest BCUT2D eigenvalue weighted by molar-refractivity contribution is 8.04. The quantitative estimate of drug-likeness (QED) is 0.683. The van der Waals surface area contributed by atoms with Crippen molar-refractivity contribution in [1.82, 2.24) is 10.2 Å². The predicted molar refractivity (Wildman–Crippen MR) is 80.5 cm³/mol. The van der Waals surface area contributed by atoms with Crippen molar-refractivity contribution in [3.63, 3.8) is 0 Å². The van der Waals surface area contributed by atoms with Gasteiger partial charge in [0.25, 0.3) is 0 Å². The molecule has 6 heteroatoms. The van der Waals surface area contributed by atoms with Gasteiger partial charge in [0.15, 0.2) is 15.0 Å². The van der Waals surface area contributed by atoms with Crippen molar-refractivity contribution in [3.05, 3.63) is 28.8 Å². The van der Waals surface area contributed by atoms with Gasteiger partial charge in [0, 0.05) is 18.1 Å². The Balaban J connectivity index is 1.48. The summed E-state index contributed by atoms with van der Waals surface area (Å²) in [7, 11) is 0. The summed E-state index contributed by atoms with van der Waals surface area (Å²) in [4.78, 5) is 2.23. The Morgan fingerprint density at radius 2 is 2.37 bits per heavy atom. The molecule has 102 valence electrons. The molecule has 2 saturated heterocycles. The molecule has 1 aromatic rings. The van der Waals surface area contributed by atoms with Crippen LogP contribution >= 0.6 is 34.7 Å². The Morgan fingerprint density at radius 1 is 1.42 bits per heavy atom. The van der Waals surface area contributed by atoms with Gasteiger partial charge in [0.2, 0.25) is 0 Å². The molecule has 4 atom stereocenters. The van der Waals surface area contributed by atoms with Crippen LogP contribution in [0.5, 0.6) is 5.06 Å². The van der Waals surface area contributed by atoms with Gasteiger partial charge in [0.05, 0.1) is 6.20 Å². The third kappa shape index (κ3) is 2.27. The minimum atomic E-state index is -0.0406. The lowest BCUT2D eigenvalue weighted by Crippen LogP contribution is -2.41. The molecule has 2 bridgehead atoms. The number of hydrogen-bond acceptors (Lipinski definition) is 5. The maximum atomic E-state index is 6.46. The van der Waals surface area contributed by atoms with Crippen LogP contribution in [0.4, 0.5) is 0 Å². The summed E-state index contributed by atoms with van der Waals surface area (Å²) in [5.74, 6) is 0. The number of thioether (sulfide) groups is 1. The molecule has 4 heterocycles. The van der Waals surface area contributed by atoms with Crippen molar-refractivity contribution in [3.8, 4) is 5.06 Å². The number of fused-ring (bicyclic) bond motifs is 2. The van der Waals surface area contributed by atoms with Gasteiger partial charge in [-0.2, -0.15) is 0 Å². The fraction of sp³-hybridized carbons (Fsp3) is 0.538. The van der Waals surface area contributed by atoms with E-state index in [2.05, 4.69) is 16.4 Å². The number of rotatable bonds is 3. The predicted octanol–water partition coefficient (Wildman–Crippen LogP) is 3.39. The highest BCUT2D eigenvalue weighted by Crippen LogP contribution is 2.43. The molecule has 3 aliphatic rings. The number of hydrogen-bond donors (Lipinski definition) is 1. The number of thiophene rings is 1. The minimum Gasteiger partial charge on any atom is -0.438 e. The molecule has 0 aromatic carbocycles. The lowest BCUT2D eigenvalue weighted by atomic mass is 9.95. The molecule has 3 nitrogen and oxygen atoms in total. The fourth-order valence-electron chi connectivity index (χ4n) is 3.21. The van der Waals surface area contributed by atoms with E-state index in [-0.39, 0.29) is 4.83 Å². The highest BCUT2D eigenvalue weighted by atomic mass is 35.5. The molecule has 0 saturated carbocycles. The third-order valence-corrected chi connectivity index (χ3v) is 6.14. The maximum Gasteiger partial charge on any atom is 0.181 e. The molecule has 0 radical (unpaired) electrons. The topological polar surface area (TPSA) is 24.5 Å². The van der Waals surface area contributed by atoms with E-state index in [9.17, 15) is 0 Å². The zero-order chi connectivity index (χ0) is 12.8. The average Bonchev–Trinajstić information content (AvgIpc) is 3.13. The molecule has 1 N–H and O–H groups in total. The van der Waals surface area contributed by atoms with Crippen LogP contribution in [0.3, 0.4) is 0 Å². The van der Waals surface area contributed by atoms with E-state index in [1.165, 1.54) is 19.3 Å². The van der Waals surface area contributed by atoms with Gasteiger partial charge in [-0.1, -0.05) is 11.6 Å². The number of halogens is 1. The Morgan fingerprint density at radius 3 is 3.05 bits per heavy atom. The summed E-state index contributed by atoms with van der Waals surface area (Å²) in [5.41, 5.74) is 0. The van der Waals surface area contributed by atoms with Crippen LogP contribution in [0, 0.1) is 0 Å². The number of nitrogens with one attached hydrogen (secondary N) is 1. The maximum absolute atomic E-state index is 6.46. The molecule has 0 amide bonds. The van der Waals surface area contributed by atoms with Crippen molar-refractivity contribution in [2.24, 2.45) is 0 Å². The first-order chi connectivity index (χ1) is 9.29. The van der Waals surface area contributed by atoms with Gasteiger partial charge in [-0.15, -0.1) is 11.3 Å². The molecule has 1 aromatic heterocycles. The number of alkyl halides is 1. The zero-order valence-corrected chi connectivity index (χ0v) is 12.7. The summed E-state index contributed by atoms with van der Waals surface area (Å²) in [6, 6.07) is 5.80. The van der Waals surface area contributed by atoms with E-state index in [4.69, 9.17) is 16.3 Å². The molecule has 0 aliphatic carbocycles. The van der Waals surface area contributed by atoms with Crippen LogP contribution < -0.4 is 10.1 Å². The van der Waals surface area contributed by atoms with E-state index < -0.39 is 0 Å². The molecule has 0 spiro atoms. The summed E-state index contributed by atoms with van der Waals surface area (Å²) in [6.07, 6.45) is 5.89. The summed E-state index contributed by atoms with van der Waals surface area (Å²) in [5, 5.41) is 7.51. The Labute approximate surface area is 125 Å². The Kier molecular flexibility index (Phi) is 3.18. The summed E-state index contributed by atoms with van der Waals surface area (Å²) < 4.78 is 5.85. The van der Waals surface area contributed by atoms with Crippen molar-refractivity contribution in [2.75, 3.05) is 0 Å². The van der Waals surface area contributed by atoms with Crippen molar-refractivity contribution < 1.29 is 4.74 Å².